The average molecular weight is 601 g/mol. The molecule has 0 heterocycles. The molecule has 6 rings (SSSR count). The summed E-state index contributed by atoms with van der Waals surface area (Å²) in [7, 11) is 1.08. The van der Waals surface area contributed by atoms with Crippen molar-refractivity contribution in [1.82, 2.24) is 0 Å². The van der Waals surface area contributed by atoms with Gasteiger partial charge in [-0.1, -0.05) is 158 Å². The van der Waals surface area contributed by atoms with Crippen LogP contribution in [0.2, 0.25) is 13.1 Å². The summed E-state index contributed by atoms with van der Waals surface area (Å²) in [6.07, 6.45) is 7.36. The van der Waals surface area contributed by atoms with Gasteiger partial charge in [0, 0.05) is 9.52 Å². The molecule has 0 N–H and O–H groups in total. The summed E-state index contributed by atoms with van der Waals surface area (Å²) in [5.41, 5.74) is 8.54. The molecule has 0 aromatic heterocycles. The molecule has 6 aromatic rings. The number of hydrogen-bond donors (Lipinski definition) is 0. The summed E-state index contributed by atoms with van der Waals surface area (Å²) >= 11 is 0. The molecule has 0 unspecified atom stereocenters. The Bertz CT molecular complexity index is 1470. The van der Waals surface area contributed by atoms with Crippen LogP contribution < -0.4 is 0 Å². The van der Waals surface area contributed by atoms with E-state index in [-0.39, 0.29) is 21.7 Å². The quantitative estimate of drug-likeness (QED) is 0.120. The van der Waals surface area contributed by atoms with E-state index in [0.29, 0.717) is 0 Å². The molecule has 0 saturated carbocycles. The number of fused-ring (bicyclic) bond motifs is 2. The van der Waals surface area contributed by atoms with Crippen molar-refractivity contribution in [3.63, 3.8) is 0 Å². The molecule has 212 valence electrons. The second kappa shape index (κ2) is 17.9. The van der Waals surface area contributed by atoms with Gasteiger partial charge in [0.15, 0.2) is 0 Å². The minimum Gasteiger partial charge on any atom is -0.126 e. The number of rotatable bonds is 8. The largest absolute Gasteiger partial charge is 2.00 e. The van der Waals surface area contributed by atoms with Crippen LogP contribution in [0.25, 0.3) is 43.8 Å². The third kappa shape index (κ3) is 8.54. The number of hydrogen-bond acceptors (Lipinski definition) is 0. The van der Waals surface area contributed by atoms with E-state index in [1.807, 2.05) is 0 Å². The van der Waals surface area contributed by atoms with Gasteiger partial charge in [0.2, 0.25) is 0 Å². The van der Waals surface area contributed by atoms with Gasteiger partial charge < -0.3 is 0 Å². The molecule has 2 heteroatoms. The van der Waals surface area contributed by atoms with E-state index >= 15 is 0 Å². The van der Waals surface area contributed by atoms with E-state index in [0.717, 1.165) is 9.52 Å². The average Bonchev–Trinajstić information content (AvgIpc) is 3.58. The van der Waals surface area contributed by atoms with Gasteiger partial charge in [0.1, 0.15) is 0 Å². The van der Waals surface area contributed by atoms with E-state index in [9.17, 15) is 0 Å². The van der Waals surface area contributed by atoms with Gasteiger partial charge in [-0.3, -0.25) is 0 Å². The molecule has 0 nitrogen and oxygen atoms in total. The van der Waals surface area contributed by atoms with Gasteiger partial charge in [-0.15, -0.1) is 70.8 Å². The van der Waals surface area contributed by atoms with E-state index in [1.54, 1.807) is 0 Å². The van der Waals surface area contributed by atoms with Crippen LogP contribution in [0.5, 0.6) is 0 Å². The van der Waals surface area contributed by atoms with Crippen LogP contribution in [0.1, 0.15) is 50.7 Å². The van der Waals surface area contributed by atoms with Crippen LogP contribution >= 0.6 is 0 Å². The van der Waals surface area contributed by atoms with E-state index in [4.69, 9.17) is 0 Å². The van der Waals surface area contributed by atoms with Crippen molar-refractivity contribution in [2.24, 2.45) is 0 Å². The summed E-state index contributed by atoms with van der Waals surface area (Å²) in [5, 5.41) is 5.51. The molecule has 0 aliphatic heterocycles. The summed E-state index contributed by atoms with van der Waals surface area (Å²) < 4.78 is 0. The van der Waals surface area contributed by atoms with Crippen LogP contribution in [0.15, 0.2) is 121 Å². The van der Waals surface area contributed by atoms with Crippen LogP contribution in [0.4, 0.5) is 0 Å². The van der Waals surface area contributed by atoms with Gasteiger partial charge in [-0.05, 0) is 12.8 Å². The SMILES string of the molecule is CCCCc1cc2ccccc2[c-]1-c1ccccc1.CCCCc1cc2ccccc2[c-]1-c1ccccc1.C[Si]C.[Ti+2]. The standard InChI is InChI=1S/2C19H19.C2H6Si.Ti/c2*1-2-3-9-17-14-16-12-7-8-13-18(16)19(17)15-10-5-4-6-11-15;1-3-2;/h2*4-8,10-14H,2-3,9H2,1H3;1-2H3;/q2*-1;;+2. The van der Waals surface area contributed by atoms with E-state index in [1.165, 1.54) is 93.5 Å². The molecule has 42 heavy (non-hydrogen) atoms. The smallest absolute Gasteiger partial charge is 0.126 e. The first-order valence-electron chi connectivity index (χ1n) is 15.3. The molecule has 0 aliphatic carbocycles. The zero-order valence-electron chi connectivity index (χ0n) is 25.8. The molecule has 0 atom stereocenters. The third-order valence-electron chi connectivity index (χ3n) is 7.49. The zero-order chi connectivity index (χ0) is 28.9. The van der Waals surface area contributed by atoms with Gasteiger partial charge in [0.05, 0.1) is 0 Å². The van der Waals surface area contributed by atoms with Crippen molar-refractivity contribution in [3.05, 3.63) is 132 Å². The molecular formula is C40H44SiTi. The Hall–Kier alpha value is -2.97. The monoisotopic (exact) mass is 600 g/mol. The molecule has 0 aliphatic rings. The van der Waals surface area contributed by atoms with Crippen LogP contribution in [-0.4, -0.2) is 9.52 Å². The normalized spacial score (nSPS) is 10.4. The summed E-state index contributed by atoms with van der Waals surface area (Å²) in [5.74, 6) is 0. The minimum absolute atomic E-state index is 0. The molecular weight excluding hydrogens is 556 g/mol. The zero-order valence-corrected chi connectivity index (χ0v) is 28.4. The van der Waals surface area contributed by atoms with Gasteiger partial charge >= 0.3 is 21.7 Å². The molecule has 0 spiro atoms. The van der Waals surface area contributed by atoms with Crippen LogP contribution in [-0.2, 0) is 34.6 Å². The molecule has 0 saturated heterocycles. The van der Waals surface area contributed by atoms with Crippen molar-refractivity contribution >= 4 is 31.1 Å². The fourth-order valence-corrected chi connectivity index (χ4v) is 5.59. The number of benzene rings is 4. The van der Waals surface area contributed by atoms with Gasteiger partial charge in [-0.25, -0.2) is 0 Å². The maximum atomic E-state index is 2.37. The first-order valence-corrected chi connectivity index (χ1v) is 17.3. The summed E-state index contributed by atoms with van der Waals surface area (Å²) in [6, 6.07) is 43.7. The fraction of sp³-hybridized carbons (Fsp3) is 0.250. The molecule has 0 bridgehead atoms. The van der Waals surface area contributed by atoms with Crippen molar-refractivity contribution in [2.45, 2.75) is 65.5 Å². The van der Waals surface area contributed by atoms with Crippen molar-refractivity contribution in [2.75, 3.05) is 0 Å². The van der Waals surface area contributed by atoms with Crippen LogP contribution in [0.3, 0.4) is 0 Å². The number of aryl methyl sites for hydroxylation is 2. The molecule has 2 radical (unpaired) electrons. The van der Waals surface area contributed by atoms with E-state index in [2.05, 4.69) is 148 Å². The number of unbranched alkanes of at least 4 members (excludes halogenated alkanes) is 2. The van der Waals surface area contributed by atoms with Crippen LogP contribution in [0, 0.1) is 0 Å². The second-order valence-corrected chi connectivity index (χ2v) is 11.7. The Labute approximate surface area is 271 Å². The maximum absolute atomic E-state index is 2.37. The minimum atomic E-state index is 0. The van der Waals surface area contributed by atoms with Gasteiger partial charge in [-0.2, -0.15) is 0 Å². The Kier molecular flexibility index (Phi) is 14.3. The first-order chi connectivity index (χ1) is 20.2. The molecule has 0 fully saturated rings. The summed E-state index contributed by atoms with van der Waals surface area (Å²) in [4.78, 5) is 0. The first kappa shape index (κ1) is 33.5. The van der Waals surface area contributed by atoms with Crippen molar-refractivity contribution in [1.29, 1.82) is 0 Å². The Balaban J connectivity index is 0.000000207. The molecule has 0 amide bonds. The second-order valence-electron chi connectivity index (χ2n) is 10.7. The summed E-state index contributed by atoms with van der Waals surface area (Å²) in [6.45, 7) is 8.82. The Morgan fingerprint density at radius 2 is 0.833 bits per heavy atom. The van der Waals surface area contributed by atoms with Gasteiger partial charge in [0.25, 0.3) is 0 Å². The van der Waals surface area contributed by atoms with Crippen molar-refractivity contribution in [3.8, 4) is 22.3 Å². The topological polar surface area (TPSA) is 0 Å². The predicted octanol–water partition coefficient (Wildman–Crippen LogP) is 11.9. The maximum Gasteiger partial charge on any atom is 2.00 e. The Morgan fingerprint density at radius 3 is 1.19 bits per heavy atom. The third-order valence-corrected chi connectivity index (χ3v) is 7.49. The predicted molar refractivity (Wildman–Crippen MR) is 185 cm³/mol. The fourth-order valence-electron chi connectivity index (χ4n) is 5.59. The van der Waals surface area contributed by atoms with E-state index < -0.39 is 0 Å². The molecule has 6 aromatic carbocycles. The Morgan fingerprint density at radius 1 is 0.500 bits per heavy atom. The van der Waals surface area contributed by atoms with Crippen molar-refractivity contribution < 1.29 is 21.7 Å².